The predicted octanol–water partition coefficient (Wildman–Crippen LogP) is 3.39. The molecule has 4 heteroatoms. The van der Waals surface area contributed by atoms with Crippen molar-refractivity contribution in [1.29, 1.82) is 0 Å². The second kappa shape index (κ2) is 5.63. The molecule has 1 heterocycles. The van der Waals surface area contributed by atoms with Crippen LogP contribution in [0.25, 0.3) is 0 Å². The fourth-order valence-electron chi connectivity index (χ4n) is 2.48. The van der Waals surface area contributed by atoms with Crippen molar-refractivity contribution in [3.63, 3.8) is 0 Å². The molecule has 0 saturated heterocycles. The molecule has 1 aliphatic heterocycles. The summed E-state index contributed by atoms with van der Waals surface area (Å²) in [5.41, 5.74) is 1.21. The normalized spacial score (nSPS) is 27.1. The van der Waals surface area contributed by atoms with Crippen molar-refractivity contribution in [1.82, 2.24) is 5.32 Å². The van der Waals surface area contributed by atoms with Gasteiger partial charge in [-0.2, -0.15) is 0 Å². The summed E-state index contributed by atoms with van der Waals surface area (Å²) in [6.07, 6.45) is 2.08. The number of hydrogen-bond donors (Lipinski definition) is 1. The van der Waals surface area contributed by atoms with E-state index in [2.05, 4.69) is 41.2 Å². The van der Waals surface area contributed by atoms with Gasteiger partial charge < -0.3 is 5.32 Å². The van der Waals surface area contributed by atoms with Crippen LogP contribution in [0.1, 0.15) is 38.3 Å². The van der Waals surface area contributed by atoms with Gasteiger partial charge in [-0.1, -0.05) is 32.4 Å². The van der Waals surface area contributed by atoms with Gasteiger partial charge >= 0.3 is 0 Å². The molecule has 1 aromatic carbocycles. The van der Waals surface area contributed by atoms with Gasteiger partial charge in [0.2, 0.25) is 0 Å². The van der Waals surface area contributed by atoms with Crippen molar-refractivity contribution < 1.29 is 4.21 Å². The van der Waals surface area contributed by atoms with Gasteiger partial charge in [-0.05, 0) is 40.5 Å². The first-order valence-corrected chi connectivity index (χ1v) is 8.13. The van der Waals surface area contributed by atoms with Crippen LogP contribution in [0.3, 0.4) is 0 Å². The van der Waals surface area contributed by atoms with Gasteiger partial charge in [-0.3, -0.25) is 4.21 Å². The molecular formula is C13H18BrNOS. The standard InChI is InChI=1S/C13H18BrNOS/c1-3-6-11-12(15-4-2)9-7-5-8-10(14)13(9)17(11)16/h5,7-8,11-12,15H,3-4,6H2,1-2H3. The molecule has 3 unspecified atom stereocenters. The molecule has 1 N–H and O–H groups in total. The molecule has 17 heavy (non-hydrogen) atoms. The average Bonchev–Trinajstić information content (AvgIpc) is 2.57. The Kier molecular flexibility index (Phi) is 4.39. The van der Waals surface area contributed by atoms with Crippen molar-refractivity contribution in [2.75, 3.05) is 6.54 Å². The maximum Gasteiger partial charge on any atom is 0.0595 e. The molecule has 94 valence electrons. The molecule has 0 aliphatic carbocycles. The maximum atomic E-state index is 12.5. The number of rotatable bonds is 4. The fourth-order valence-corrected chi connectivity index (χ4v) is 5.27. The summed E-state index contributed by atoms with van der Waals surface area (Å²) < 4.78 is 13.5. The molecule has 0 saturated carbocycles. The van der Waals surface area contributed by atoms with Crippen LogP contribution in [0.15, 0.2) is 27.6 Å². The predicted molar refractivity (Wildman–Crippen MR) is 75.7 cm³/mol. The molecule has 1 aromatic rings. The zero-order valence-corrected chi connectivity index (χ0v) is 12.6. The zero-order valence-electron chi connectivity index (χ0n) is 10.2. The third kappa shape index (κ3) is 2.35. The highest BCUT2D eigenvalue weighted by Gasteiger charge is 2.38. The molecule has 0 radical (unpaired) electrons. The van der Waals surface area contributed by atoms with E-state index < -0.39 is 10.8 Å². The highest BCUT2D eigenvalue weighted by Crippen LogP contribution is 2.41. The SMILES string of the molecule is CCCC1C(NCC)c2cccc(Br)c2S1=O. The summed E-state index contributed by atoms with van der Waals surface area (Å²) in [5.74, 6) is 0. The molecule has 0 amide bonds. The van der Waals surface area contributed by atoms with Crippen LogP contribution in [-0.4, -0.2) is 16.0 Å². The van der Waals surface area contributed by atoms with Crippen molar-refractivity contribution in [3.05, 3.63) is 28.2 Å². The fraction of sp³-hybridized carbons (Fsp3) is 0.538. The van der Waals surface area contributed by atoms with E-state index in [0.29, 0.717) is 0 Å². The van der Waals surface area contributed by atoms with Crippen LogP contribution >= 0.6 is 15.9 Å². The molecule has 1 aliphatic rings. The lowest BCUT2D eigenvalue weighted by atomic mass is 10.0. The summed E-state index contributed by atoms with van der Waals surface area (Å²) >= 11 is 3.52. The molecule has 0 bridgehead atoms. The molecule has 0 aromatic heterocycles. The molecular weight excluding hydrogens is 298 g/mol. The quantitative estimate of drug-likeness (QED) is 0.922. The Balaban J connectivity index is 2.43. The van der Waals surface area contributed by atoms with Gasteiger partial charge in [0, 0.05) is 10.5 Å². The van der Waals surface area contributed by atoms with Gasteiger partial charge in [-0.25, -0.2) is 0 Å². The topological polar surface area (TPSA) is 29.1 Å². The highest BCUT2D eigenvalue weighted by molar-refractivity contribution is 9.10. The smallest absolute Gasteiger partial charge is 0.0595 e. The number of halogens is 1. The third-order valence-corrected chi connectivity index (χ3v) is 6.02. The summed E-state index contributed by atoms with van der Waals surface area (Å²) in [4.78, 5) is 0.997. The molecule has 3 atom stereocenters. The average molecular weight is 316 g/mol. The largest absolute Gasteiger partial charge is 0.309 e. The van der Waals surface area contributed by atoms with Crippen LogP contribution in [0.2, 0.25) is 0 Å². The lowest BCUT2D eigenvalue weighted by Crippen LogP contribution is -2.29. The first kappa shape index (κ1) is 13.2. The van der Waals surface area contributed by atoms with E-state index in [4.69, 9.17) is 0 Å². The van der Waals surface area contributed by atoms with Crippen LogP contribution < -0.4 is 5.32 Å². The van der Waals surface area contributed by atoms with Crippen LogP contribution in [0.4, 0.5) is 0 Å². The number of fused-ring (bicyclic) bond motifs is 1. The van der Waals surface area contributed by atoms with Gasteiger partial charge in [0.1, 0.15) is 0 Å². The van der Waals surface area contributed by atoms with E-state index in [1.807, 2.05) is 12.1 Å². The lowest BCUT2D eigenvalue weighted by Gasteiger charge is -2.19. The van der Waals surface area contributed by atoms with E-state index in [1.165, 1.54) is 5.56 Å². The Morgan fingerprint density at radius 1 is 1.41 bits per heavy atom. The van der Waals surface area contributed by atoms with E-state index in [0.717, 1.165) is 28.8 Å². The van der Waals surface area contributed by atoms with Crippen molar-refractivity contribution in [3.8, 4) is 0 Å². The molecule has 2 rings (SSSR count). The highest BCUT2D eigenvalue weighted by atomic mass is 79.9. The van der Waals surface area contributed by atoms with E-state index in [1.54, 1.807) is 0 Å². The molecule has 0 spiro atoms. The Morgan fingerprint density at radius 3 is 2.82 bits per heavy atom. The van der Waals surface area contributed by atoms with Crippen LogP contribution in [0, 0.1) is 0 Å². The Morgan fingerprint density at radius 2 is 2.18 bits per heavy atom. The first-order chi connectivity index (χ1) is 8.20. The summed E-state index contributed by atoms with van der Waals surface area (Å²) in [5, 5.41) is 3.70. The van der Waals surface area contributed by atoms with Crippen LogP contribution in [0.5, 0.6) is 0 Å². The first-order valence-electron chi connectivity index (χ1n) is 6.13. The summed E-state index contributed by atoms with van der Waals surface area (Å²) in [6, 6.07) is 6.35. The zero-order chi connectivity index (χ0) is 12.4. The lowest BCUT2D eigenvalue weighted by molar-refractivity contribution is 0.506. The Hall–Kier alpha value is -0.190. The van der Waals surface area contributed by atoms with Crippen molar-refractivity contribution in [2.45, 2.75) is 42.9 Å². The Bertz CT molecular complexity index is 435. The number of hydrogen-bond acceptors (Lipinski definition) is 2. The maximum absolute atomic E-state index is 12.5. The minimum atomic E-state index is -0.888. The monoisotopic (exact) mass is 315 g/mol. The van der Waals surface area contributed by atoms with Crippen LogP contribution in [-0.2, 0) is 10.8 Å². The summed E-state index contributed by atoms with van der Waals surface area (Å²) in [6.45, 7) is 5.16. The summed E-state index contributed by atoms with van der Waals surface area (Å²) in [7, 11) is -0.888. The molecule has 2 nitrogen and oxygen atoms in total. The minimum Gasteiger partial charge on any atom is -0.309 e. The second-order valence-corrected chi connectivity index (χ2v) is 6.78. The number of nitrogens with one attached hydrogen (secondary N) is 1. The van der Waals surface area contributed by atoms with E-state index in [9.17, 15) is 4.21 Å². The van der Waals surface area contributed by atoms with E-state index >= 15 is 0 Å². The molecule has 0 fully saturated rings. The number of benzene rings is 1. The minimum absolute atomic E-state index is 0.216. The van der Waals surface area contributed by atoms with Gasteiger partial charge in [-0.15, -0.1) is 0 Å². The second-order valence-electron chi connectivity index (χ2n) is 4.32. The third-order valence-electron chi connectivity index (χ3n) is 3.18. The van der Waals surface area contributed by atoms with E-state index in [-0.39, 0.29) is 11.3 Å². The van der Waals surface area contributed by atoms with Gasteiger partial charge in [0.05, 0.1) is 20.9 Å². The Labute approximate surface area is 114 Å². The van der Waals surface area contributed by atoms with Crippen molar-refractivity contribution >= 4 is 26.7 Å². The van der Waals surface area contributed by atoms with Gasteiger partial charge in [0.15, 0.2) is 0 Å². The van der Waals surface area contributed by atoms with Gasteiger partial charge in [0.25, 0.3) is 0 Å². The van der Waals surface area contributed by atoms with Crippen molar-refractivity contribution in [2.24, 2.45) is 0 Å².